The van der Waals surface area contributed by atoms with E-state index in [4.69, 9.17) is 10.5 Å². The van der Waals surface area contributed by atoms with Gasteiger partial charge in [0.15, 0.2) is 12.4 Å². The van der Waals surface area contributed by atoms with Crippen molar-refractivity contribution in [1.29, 1.82) is 0 Å². The number of rotatable bonds is 9. The lowest BCUT2D eigenvalue weighted by molar-refractivity contribution is -0.123. The fourth-order valence-corrected chi connectivity index (χ4v) is 2.92. The van der Waals surface area contributed by atoms with Gasteiger partial charge in [-0.1, -0.05) is 44.2 Å². The standard InChI is InChI=1S/C22H25N5O3/c1-14(2)20(21(23)29)27-22-16-10-6-7-11-17(16)25-18(26-22)12-24-19(28)13-30-15-8-4-3-5-9-15/h3-11,14,20H,12-13H2,1-2H3,(H2,23,29)(H,24,28)(H,25,26,27)/t20-/m0/s1. The smallest absolute Gasteiger partial charge is 0.258 e. The average Bonchev–Trinajstić information content (AvgIpc) is 2.74. The number of fused-ring (bicyclic) bond motifs is 1. The van der Waals surface area contributed by atoms with Crippen LogP contribution in [-0.4, -0.2) is 34.4 Å². The predicted octanol–water partition coefficient (Wildman–Crippen LogP) is 2.25. The molecule has 2 amide bonds. The Morgan fingerprint density at radius 1 is 1.03 bits per heavy atom. The number of hydrogen-bond acceptors (Lipinski definition) is 6. The number of nitrogens with zero attached hydrogens (tertiary/aromatic N) is 2. The molecule has 2 aromatic carbocycles. The summed E-state index contributed by atoms with van der Waals surface area (Å²) in [6.45, 7) is 3.82. The summed E-state index contributed by atoms with van der Waals surface area (Å²) in [6.07, 6.45) is 0. The second kappa shape index (κ2) is 9.69. The van der Waals surface area contributed by atoms with Crippen molar-refractivity contribution in [3.8, 4) is 5.75 Å². The quantitative estimate of drug-likeness (QED) is 0.500. The topological polar surface area (TPSA) is 119 Å². The van der Waals surface area contributed by atoms with E-state index in [-0.39, 0.29) is 25.0 Å². The zero-order valence-corrected chi connectivity index (χ0v) is 17.0. The third kappa shape index (κ3) is 5.44. The van der Waals surface area contributed by atoms with Gasteiger partial charge in [0, 0.05) is 5.39 Å². The number of primary amides is 1. The molecule has 4 N–H and O–H groups in total. The van der Waals surface area contributed by atoms with Crippen molar-refractivity contribution in [2.24, 2.45) is 11.7 Å². The van der Waals surface area contributed by atoms with Crippen molar-refractivity contribution in [1.82, 2.24) is 15.3 Å². The average molecular weight is 407 g/mol. The van der Waals surface area contributed by atoms with Crippen LogP contribution in [-0.2, 0) is 16.1 Å². The molecule has 30 heavy (non-hydrogen) atoms. The highest BCUT2D eigenvalue weighted by Gasteiger charge is 2.21. The number of amides is 2. The zero-order valence-electron chi connectivity index (χ0n) is 17.0. The number of para-hydroxylation sites is 2. The Balaban J connectivity index is 1.72. The molecule has 3 rings (SSSR count). The van der Waals surface area contributed by atoms with Crippen molar-refractivity contribution in [2.75, 3.05) is 11.9 Å². The number of hydrogen-bond donors (Lipinski definition) is 3. The van der Waals surface area contributed by atoms with Crippen LogP contribution >= 0.6 is 0 Å². The van der Waals surface area contributed by atoms with Gasteiger partial charge in [-0.15, -0.1) is 0 Å². The molecule has 0 bridgehead atoms. The molecule has 0 unspecified atom stereocenters. The molecule has 8 heteroatoms. The van der Waals surface area contributed by atoms with E-state index in [0.717, 1.165) is 5.39 Å². The molecule has 0 saturated carbocycles. The number of benzene rings is 2. The van der Waals surface area contributed by atoms with E-state index in [1.807, 2.05) is 56.3 Å². The second-order valence-corrected chi connectivity index (χ2v) is 7.15. The van der Waals surface area contributed by atoms with E-state index in [0.29, 0.717) is 22.9 Å². The van der Waals surface area contributed by atoms with Crippen LogP contribution in [0.5, 0.6) is 5.75 Å². The van der Waals surface area contributed by atoms with Gasteiger partial charge < -0.3 is 21.1 Å². The lowest BCUT2D eigenvalue weighted by atomic mass is 10.0. The van der Waals surface area contributed by atoms with Gasteiger partial charge in [0.05, 0.1) is 12.1 Å². The first-order chi connectivity index (χ1) is 14.4. The van der Waals surface area contributed by atoms with Crippen LogP contribution in [0.1, 0.15) is 19.7 Å². The van der Waals surface area contributed by atoms with Gasteiger partial charge in [-0.2, -0.15) is 0 Å². The maximum absolute atomic E-state index is 12.1. The summed E-state index contributed by atoms with van der Waals surface area (Å²) in [5.41, 5.74) is 6.23. The molecule has 156 valence electrons. The fraction of sp³-hybridized carbons (Fsp3) is 0.273. The minimum absolute atomic E-state index is 0.0190. The molecule has 8 nitrogen and oxygen atoms in total. The number of anilines is 1. The van der Waals surface area contributed by atoms with Crippen LogP contribution in [0, 0.1) is 5.92 Å². The molecule has 0 saturated heterocycles. The first-order valence-corrected chi connectivity index (χ1v) is 9.70. The van der Waals surface area contributed by atoms with Gasteiger partial charge >= 0.3 is 0 Å². The fourth-order valence-electron chi connectivity index (χ4n) is 2.92. The Kier molecular flexibility index (Phi) is 6.79. The minimum Gasteiger partial charge on any atom is -0.484 e. The molecular formula is C22H25N5O3. The lowest BCUT2D eigenvalue weighted by Gasteiger charge is -2.21. The SMILES string of the molecule is CC(C)[C@H](Nc1nc(CNC(=O)COc2ccccc2)nc2ccccc12)C(N)=O. The molecule has 1 aromatic heterocycles. The van der Waals surface area contributed by atoms with Crippen LogP contribution in [0.15, 0.2) is 54.6 Å². The Hall–Kier alpha value is -3.68. The Bertz CT molecular complexity index is 1020. The Labute approximate surface area is 174 Å². The predicted molar refractivity (Wildman–Crippen MR) is 115 cm³/mol. The summed E-state index contributed by atoms with van der Waals surface area (Å²) < 4.78 is 5.44. The van der Waals surface area contributed by atoms with Crippen LogP contribution in [0.4, 0.5) is 5.82 Å². The van der Waals surface area contributed by atoms with Crippen LogP contribution in [0.3, 0.4) is 0 Å². The van der Waals surface area contributed by atoms with Crippen molar-refractivity contribution in [3.63, 3.8) is 0 Å². The summed E-state index contributed by atoms with van der Waals surface area (Å²) in [6, 6.07) is 16.0. The number of nitrogens with two attached hydrogens (primary N) is 1. The largest absolute Gasteiger partial charge is 0.484 e. The zero-order chi connectivity index (χ0) is 21.5. The summed E-state index contributed by atoms with van der Waals surface area (Å²) in [7, 11) is 0. The van der Waals surface area contributed by atoms with Crippen molar-refractivity contribution in [2.45, 2.75) is 26.4 Å². The van der Waals surface area contributed by atoms with Crippen molar-refractivity contribution >= 4 is 28.5 Å². The maximum atomic E-state index is 12.1. The minimum atomic E-state index is -0.579. The lowest BCUT2D eigenvalue weighted by Crippen LogP contribution is -2.40. The molecule has 3 aromatic rings. The first kappa shape index (κ1) is 21.0. The van der Waals surface area contributed by atoms with E-state index in [2.05, 4.69) is 20.6 Å². The third-order valence-corrected chi connectivity index (χ3v) is 4.47. The third-order valence-electron chi connectivity index (χ3n) is 4.47. The molecule has 0 aliphatic carbocycles. The van der Waals surface area contributed by atoms with Crippen molar-refractivity contribution < 1.29 is 14.3 Å². The summed E-state index contributed by atoms with van der Waals surface area (Å²) >= 11 is 0. The Morgan fingerprint density at radius 2 is 1.73 bits per heavy atom. The molecule has 1 atom stereocenters. The van der Waals surface area contributed by atoms with Gasteiger partial charge in [0.25, 0.3) is 5.91 Å². The summed E-state index contributed by atoms with van der Waals surface area (Å²) in [5, 5.41) is 6.65. The van der Waals surface area contributed by atoms with E-state index in [1.54, 1.807) is 12.1 Å². The normalized spacial score (nSPS) is 11.8. The van der Waals surface area contributed by atoms with Crippen LogP contribution in [0.2, 0.25) is 0 Å². The van der Waals surface area contributed by atoms with Gasteiger partial charge in [-0.3, -0.25) is 9.59 Å². The van der Waals surface area contributed by atoms with Gasteiger partial charge in [-0.05, 0) is 30.2 Å². The number of aromatic nitrogens is 2. The van der Waals surface area contributed by atoms with E-state index < -0.39 is 11.9 Å². The van der Waals surface area contributed by atoms with Crippen molar-refractivity contribution in [3.05, 3.63) is 60.4 Å². The molecule has 0 aliphatic rings. The maximum Gasteiger partial charge on any atom is 0.258 e. The van der Waals surface area contributed by atoms with Gasteiger partial charge in [0.1, 0.15) is 17.6 Å². The summed E-state index contributed by atoms with van der Waals surface area (Å²) in [4.78, 5) is 33.0. The van der Waals surface area contributed by atoms with E-state index in [9.17, 15) is 9.59 Å². The highest BCUT2D eigenvalue weighted by atomic mass is 16.5. The monoisotopic (exact) mass is 407 g/mol. The highest BCUT2D eigenvalue weighted by molar-refractivity contribution is 5.92. The molecule has 0 fully saturated rings. The van der Waals surface area contributed by atoms with Crippen LogP contribution in [0.25, 0.3) is 10.9 Å². The molecule has 1 heterocycles. The first-order valence-electron chi connectivity index (χ1n) is 9.70. The molecular weight excluding hydrogens is 382 g/mol. The van der Waals surface area contributed by atoms with E-state index in [1.165, 1.54) is 0 Å². The second-order valence-electron chi connectivity index (χ2n) is 7.15. The number of carbonyl (C=O) groups excluding carboxylic acids is 2. The van der Waals surface area contributed by atoms with E-state index >= 15 is 0 Å². The highest BCUT2D eigenvalue weighted by Crippen LogP contribution is 2.22. The van der Waals surface area contributed by atoms with Gasteiger partial charge in [0.2, 0.25) is 5.91 Å². The molecule has 0 aliphatic heterocycles. The Morgan fingerprint density at radius 3 is 2.43 bits per heavy atom. The molecule has 0 spiro atoms. The summed E-state index contributed by atoms with van der Waals surface area (Å²) in [5.74, 6) is 0.767. The van der Waals surface area contributed by atoms with Gasteiger partial charge in [-0.25, -0.2) is 9.97 Å². The molecule has 0 radical (unpaired) electrons. The number of nitrogens with one attached hydrogen (secondary N) is 2. The number of ether oxygens (including phenoxy) is 1. The van der Waals surface area contributed by atoms with Crippen LogP contribution < -0.4 is 21.1 Å². The number of carbonyl (C=O) groups is 2.